The molecule has 0 aromatic heterocycles. The fourth-order valence-corrected chi connectivity index (χ4v) is 9.87. The predicted molar refractivity (Wildman–Crippen MR) is 325 cm³/mol. The van der Waals surface area contributed by atoms with Crippen LogP contribution in [0, 0.1) is 0 Å². The van der Waals surface area contributed by atoms with E-state index < -0.39 is 6.10 Å². The van der Waals surface area contributed by atoms with Crippen LogP contribution in [0.25, 0.3) is 0 Å². The first-order valence-corrected chi connectivity index (χ1v) is 33.1. The van der Waals surface area contributed by atoms with Gasteiger partial charge in [-0.05, 0) is 77.0 Å². The first kappa shape index (κ1) is 72.4. The van der Waals surface area contributed by atoms with E-state index in [2.05, 4.69) is 69.4 Å². The minimum absolute atomic E-state index is 0.0806. The number of hydrogen-bond donors (Lipinski definition) is 0. The zero-order valence-electron chi connectivity index (χ0n) is 50.3. The number of hydrogen-bond acceptors (Lipinski definition) is 6. The molecule has 0 amide bonds. The SMILES string of the molecule is CC/C=C\C/C=C\C/C=C\CCCCCC(=O)OC(COC(=O)CCCCCCCCCCCCC)COC(=O)CCCCCCCCCCCCCCCCCCCCCCC/C=C\CCCCCCCCCC. The Hall–Kier alpha value is -2.63. The van der Waals surface area contributed by atoms with E-state index in [4.69, 9.17) is 14.2 Å². The molecule has 75 heavy (non-hydrogen) atoms. The summed E-state index contributed by atoms with van der Waals surface area (Å²) in [6.45, 7) is 6.54. The summed E-state index contributed by atoms with van der Waals surface area (Å²) in [5.74, 6) is -0.893. The van der Waals surface area contributed by atoms with Gasteiger partial charge in [-0.3, -0.25) is 14.4 Å². The lowest BCUT2D eigenvalue weighted by Crippen LogP contribution is -2.30. The van der Waals surface area contributed by atoms with Gasteiger partial charge in [0.15, 0.2) is 6.10 Å². The molecule has 0 aromatic carbocycles. The predicted octanol–water partition coefficient (Wildman–Crippen LogP) is 22.6. The van der Waals surface area contributed by atoms with Crippen molar-refractivity contribution in [2.75, 3.05) is 13.2 Å². The number of esters is 3. The summed E-state index contributed by atoms with van der Waals surface area (Å²) in [7, 11) is 0. The molecule has 1 unspecified atom stereocenters. The van der Waals surface area contributed by atoms with E-state index in [0.29, 0.717) is 19.3 Å². The highest BCUT2D eigenvalue weighted by molar-refractivity contribution is 5.71. The van der Waals surface area contributed by atoms with Crippen molar-refractivity contribution in [3.63, 3.8) is 0 Å². The van der Waals surface area contributed by atoms with E-state index in [1.807, 2.05) is 0 Å². The molecule has 6 heteroatoms. The van der Waals surface area contributed by atoms with Crippen molar-refractivity contribution in [2.45, 2.75) is 361 Å². The maximum absolute atomic E-state index is 12.8. The highest BCUT2D eigenvalue weighted by Gasteiger charge is 2.19. The number of allylic oxidation sites excluding steroid dienone is 8. The first-order chi connectivity index (χ1) is 37.0. The van der Waals surface area contributed by atoms with Crippen molar-refractivity contribution in [3.8, 4) is 0 Å². The summed E-state index contributed by atoms with van der Waals surface area (Å²) in [6.07, 6.45) is 80.2. The third-order valence-corrected chi connectivity index (χ3v) is 14.8. The van der Waals surface area contributed by atoms with Gasteiger partial charge in [0, 0.05) is 19.3 Å². The Morgan fingerprint density at radius 1 is 0.280 bits per heavy atom. The van der Waals surface area contributed by atoms with Crippen LogP contribution >= 0.6 is 0 Å². The Kier molecular flexibility index (Phi) is 61.7. The van der Waals surface area contributed by atoms with Gasteiger partial charge in [0.1, 0.15) is 13.2 Å². The highest BCUT2D eigenvalue weighted by atomic mass is 16.6. The molecule has 0 aromatic rings. The van der Waals surface area contributed by atoms with Gasteiger partial charge in [-0.25, -0.2) is 0 Å². The number of rotatable bonds is 61. The van der Waals surface area contributed by atoms with Gasteiger partial charge in [-0.2, -0.15) is 0 Å². The van der Waals surface area contributed by atoms with Crippen LogP contribution < -0.4 is 0 Å². The molecular formula is C69H126O6. The molecule has 0 saturated heterocycles. The third-order valence-electron chi connectivity index (χ3n) is 14.8. The van der Waals surface area contributed by atoms with Crippen LogP contribution in [0.5, 0.6) is 0 Å². The second-order valence-corrected chi connectivity index (χ2v) is 22.4. The molecule has 0 aliphatic carbocycles. The molecule has 0 aliphatic heterocycles. The molecule has 0 radical (unpaired) electrons. The van der Waals surface area contributed by atoms with Gasteiger partial charge in [-0.15, -0.1) is 0 Å². The molecule has 1 atom stereocenters. The number of carbonyl (C=O) groups excluding carboxylic acids is 3. The van der Waals surface area contributed by atoms with Crippen molar-refractivity contribution in [3.05, 3.63) is 48.6 Å². The van der Waals surface area contributed by atoms with E-state index >= 15 is 0 Å². The quantitative estimate of drug-likeness (QED) is 0.0261. The van der Waals surface area contributed by atoms with Gasteiger partial charge in [-0.1, -0.05) is 307 Å². The minimum atomic E-state index is -0.784. The van der Waals surface area contributed by atoms with E-state index in [1.165, 1.54) is 231 Å². The molecule has 0 aliphatic rings. The van der Waals surface area contributed by atoms with Crippen LogP contribution in [-0.2, 0) is 28.6 Å². The average molecular weight is 1050 g/mol. The molecule has 0 heterocycles. The second-order valence-electron chi connectivity index (χ2n) is 22.4. The van der Waals surface area contributed by atoms with Crippen molar-refractivity contribution >= 4 is 17.9 Å². The number of unbranched alkanes of at least 4 members (excludes halogenated alkanes) is 42. The molecule has 6 nitrogen and oxygen atoms in total. The maximum atomic E-state index is 12.8. The molecule has 0 spiro atoms. The van der Waals surface area contributed by atoms with E-state index in [-0.39, 0.29) is 31.1 Å². The summed E-state index contributed by atoms with van der Waals surface area (Å²) in [6, 6.07) is 0. The molecular weight excluding hydrogens is 925 g/mol. The van der Waals surface area contributed by atoms with Crippen molar-refractivity contribution in [1.82, 2.24) is 0 Å². The Morgan fingerprint density at radius 2 is 0.520 bits per heavy atom. The van der Waals surface area contributed by atoms with Crippen molar-refractivity contribution in [1.29, 1.82) is 0 Å². The summed E-state index contributed by atoms with van der Waals surface area (Å²) in [4.78, 5) is 38.1. The molecule has 0 rings (SSSR count). The van der Waals surface area contributed by atoms with Gasteiger partial charge < -0.3 is 14.2 Å². The fourth-order valence-electron chi connectivity index (χ4n) is 9.87. The first-order valence-electron chi connectivity index (χ1n) is 33.1. The largest absolute Gasteiger partial charge is 0.462 e. The summed E-state index contributed by atoms with van der Waals surface area (Å²) in [5.41, 5.74) is 0. The maximum Gasteiger partial charge on any atom is 0.306 e. The highest BCUT2D eigenvalue weighted by Crippen LogP contribution is 2.18. The van der Waals surface area contributed by atoms with Crippen LogP contribution in [0.2, 0.25) is 0 Å². The Balaban J connectivity index is 4.03. The Labute approximate surface area is 467 Å². The summed E-state index contributed by atoms with van der Waals surface area (Å²) >= 11 is 0. The van der Waals surface area contributed by atoms with Crippen LogP contribution in [0.1, 0.15) is 355 Å². The fraction of sp³-hybridized carbons (Fsp3) is 0.841. The summed E-state index contributed by atoms with van der Waals surface area (Å²) in [5, 5.41) is 0. The van der Waals surface area contributed by atoms with E-state index in [1.54, 1.807) is 0 Å². The molecule has 0 saturated carbocycles. The van der Waals surface area contributed by atoms with Gasteiger partial charge in [0.25, 0.3) is 0 Å². The van der Waals surface area contributed by atoms with E-state index in [9.17, 15) is 14.4 Å². The average Bonchev–Trinajstić information content (AvgIpc) is 3.41. The monoisotopic (exact) mass is 1050 g/mol. The molecule has 0 N–H and O–H groups in total. The molecule has 0 fully saturated rings. The lowest BCUT2D eigenvalue weighted by molar-refractivity contribution is -0.167. The van der Waals surface area contributed by atoms with Gasteiger partial charge in [0.05, 0.1) is 0 Å². The lowest BCUT2D eigenvalue weighted by atomic mass is 10.0. The normalized spacial score (nSPS) is 12.3. The standard InChI is InChI=1S/C69H126O6/c1-4-7-10-13-16-19-22-24-25-26-27-28-29-30-31-32-33-34-35-36-37-38-39-40-41-42-43-45-47-50-53-56-59-62-68(71)74-65-66(64-73-67(70)61-58-55-52-49-46-21-18-15-12-9-6-3)75-69(72)63-60-57-54-51-48-44-23-20-17-14-11-8-5-2/h8,11,17,20,26-27,44,48,66H,4-7,9-10,12-16,18-19,21-25,28-43,45-47,49-65H2,1-3H3/b11-8-,20-17-,27-26-,48-44-. The molecule has 0 bridgehead atoms. The second kappa shape index (κ2) is 63.9. The van der Waals surface area contributed by atoms with Crippen LogP contribution in [0.3, 0.4) is 0 Å². The summed E-state index contributed by atoms with van der Waals surface area (Å²) < 4.78 is 16.9. The minimum Gasteiger partial charge on any atom is -0.462 e. The topological polar surface area (TPSA) is 78.9 Å². The third kappa shape index (κ3) is 62.1. The smallest absolute Gasteiger partial charge is 0.306 e. The molecule has 438 valence electrons. The van der Waals surface area contributed by atoms with Crippen LogP contribution in [0.4, 0.5) is 0 Å². The number of carbonyl (C=O) groups is 3. The Bertz CT molecular complexity index is 1300. The van der Waals surface area contributed by atoms with Crippen molar-refractivity contribution in [2.24, 2.45) is 0 Å². The van der Waals surface area contributed by atoms with Crippen molar-refractivity contribution < 1.29 is 28.6 Å². The Morgan fingerprint density at radius 3 is 0.840 bits per heavy atom. The van der Waals surface area contributed by atoms with E-state index in [0.717, 1.165) is 83.5 Å². The zero-order chi connectivity index (χ0) is 54.3. The zero-order valence-corrected chi connectivity index (χ0v) is 50.3. The van der Waals surface area contributed by atoms with Gasteiger partial charge >= 0.3 is 17.9 Å². The van der Waals surface area contributed by atoms with Crippen LogP contribution in [-0.4, -0.2) is 37.2 Å². The number of ether oxygens (including phenoxy) is 3. The van der Waals surface area contributed by atoms with Gasteiger partial charge in [0.2, 0.25) is 0 Å². The lowest BCUT2D eigenvalue weighted by Gasteiger charge is -2.18. The van der Waals surface area contributed by atoms with Crippen LogP contribution in [0.15, 0.2) is 48.6 Å².